The van der Waals surface area contributed by atoms with Gasteiger partial charge in [-0.2, -0.15) is 0 Å². The summed E-state index contributed by atoms with van der Waals surface area (Å²) in [6.07, 6.45) is 0. The summed E-state index contributed by atoms with van der Waals surface area (Å²) in [6.45, 7) is 4.94. The van der Waals surface area contributed by atoms with Crippen molar-refractivity contribution >= 4 is 22.6 Å². The number of amides is 1. The van der Waals surface area contributed by atoms with Gasteiger partial charge in [-0.15, -0.1) is 0 Å². The molecule has 0 saturated carbocycles. The van der Waals surface area contributed by atoms with E-state index in [1.807, 2.05) is 0 Å². The van der Waals surface area contributed by atoms with Crippen LogP contribution in [0.2, 0.25) is 0 Å². The lowest BCUT2D eigenvalue weighted by Gasteiger charge is -2.11. The van der Waals surface area contributed by atoms with Crippen LogP contribution in [0.15, 0.2) is 28.8 Å². The SMILES string of the molecule is Cc1cc(NC(=O)C(C)S(=O)Cc2ccc(C)c(F)c2)on1. The van der Waals surface area contributed by atoms with E-state index in [2.05, 4.69) is 10.5 Å². The molecule has 0 aliphatic heterocycles. The van der Waals surface area contributed by atoms with Crippen LogP contribution in [0.3, 0.4) is 0 Å². The molecule has 1 aromatic carbocycles. The van der Waals surface area contributed by atoms with Crippen molar-refractivity contribution in [1.29, 1.82) is 0 Å². The fourth-order valence-corrected chi connectivity index (χ4v) is 2.84. The molecule has 0 aliphatic carbocycles. The lowest BCUT2D eigenvalue weighted by atomic mass is 10.2. The third kappa shape index (κ3) is 4.00. The van der Waals surface area contributed by atoms with Crippen LogP contribution in [0.5, 0.6) is 0 Å². The first-order chi connectivity index (χ1) is 10.4. The van der Waals surface area contributed by atoms with E-state index >= 15 is 0 Å². The van der Waals surface area contributed by atoms with Gasteiger partial charge in [0.15, 0.2) is 0 Å². The Balaban J connectivity index is 1.98. The van der Waals surface area contributed by atoms with Gasteiger partial charge in [0.25, 0.3) is 0 Å². The molecule has 1 aromatic heterocycles. The minimum atomic E-state index is -1.47. The highest BCUT2D eigenvalue weighted by molar-refractivity contribution is 7.85. The molecule has 7 heteroatoms. The van der Waals surface area contributed by atoms with Crippen molar-refractivity contribution in [2.45, 2.75) is 31.8 Å². The molecule has 118 valence electrons. The fraction of sp³-hybridized carbons (Fsp3) is 0.333. The first-order valence-electron chi connectivity index (χ1n) is 6.73. The van der Waals surface area contributed by atoms with Gasteiger partial charge in [0.05, 0.1) is 5.69 Å². The fourth-order valence-electron chi connectivity index (χ4n) is 1.78. The number of nitrogens with one attached hydrogen (secondary N) is 1. The normalized spacial score (nSPS) is 13.6. The summed E-state index contributed by atoms with van der Waals surface area (Å²) >= 11 is 0. The van der Waals surface area contributed by atoms with Gasteiger partial charge in [-0.1, -0.05) is 17.3 Å². The molecule has 2 rings (SSSR count). The van der Waals surface area contributed by atoms with Gasteiger partial charge in [0.1, 0.15) is 11.1 Å². The molecule has 5 nitrogen and oxygen atoms in total. The molecule has 0 radical (unpaired) electrons. The van der Waals surface area contributed by atoms with E-state index in [0.717, 1.165) is 0 Å². The van der Waals surface area contributed by atoms with Crippen molar-refractivity contribution < 1.29 is 17.9 Å². The zero-order chi connectivity index (χ0) is 16.3. The van der Waals surface area contributed by atoms with Crippen LogP contribution in [0.4, 0.5) is 10.3 Å². The van der Waals surface area contributed by atoms with E-state index in [4.69, 9.17) is 4.52 Å². The molecule has 2 atom stereocenters. The summed E-state index contributed by atoms with van der Waals surface area (Å²) in [5, 5.41) is 5.41. The second kappa shape index (κ2) is 6.83. The van der Waals surface area contributed by atoms with Crippen LogP contribution in [0.1, 0.15) is 23.7 Å². The smallest absolute Gasteiger partial charge is 0.242 e. The Morgan fingerprint density at radius 3 is 2.73 bits per heavy atom. The van der Waals surface area contributed by atoms with Crippen LogP contribution in [-0.4, -0.2) is 20.5 Å². The quantitative estimate of drug-likeness (QED) is 0.918. The number of hydrogen-bond donors (Lipinski definition) is 1. The molecule has 0 aliphatic rings. The predicted molar refractivity (Wildman–Crippen MR) is 82.3 cm³/mol. The van der Waals surface area contributed by atoms with E-state index < -0.39 is 22.0 Å². The van der Waals surface area contributed by atoms with Crippen molar-refractivity contribution in [2.75, 3.05) is 5.32 Å². The Bertz CT molecular complexity index is 715. The number of benzene rings is 1. The van der Waals surface area contributed by atoms with E-state index in [1.165, 1.54) is 6.07 Å². The van der Waals surface area contributed by atoms with Gasteiger partial charge in [0, 0.05) is 22.6 Å². The standard InChI is InChI=1S/C15H17FN2O3S/c1-9-4-5-12(7-13(9)16)8-22(20)11(3)15(19)17-14-6-10(2)18-21-14/h4-7,11H,8H2,1-3H3,(H,17,19). The highest BCUT2D eigenvalue weighted by Gasteiger charge is 2.21. The highest BCUT2D eigenvalue weighted by atomic mass is 32.2. The number of carbonyl (C=O) groups is 1. The van der Waals surface area contributed by atoms with Crippen molar-refractivity contribution in [2.24, 2.45) is 0 Å². The van der Waals surface area contributed by atoms with Crippen LogP contribution in [-0.2, 0) is 21.3 Å². The molecule has 1 N–H and O–H groups in total. The maximum absolute atomic E-state index is 13.5. The van der Waals surface area contributed by atoms with Crippen LogP contribution in [0, 0.1) is 19.7 Å². The average molecular weight is 324 g/mol. The van der Waals surface area contributed by atoms with Crippen LogP contribution >= 0.6 is 0 Å². The van der Waals surface area contributed by atoms with Crippen LogP contribution in [0.25, 0.3) is 0 Å². The van der Waals surface area contributed by atoms with Crippen LogP contribution < -0.4 is 5.32 Å². The number of carbonyl (C=O) groups excluding carboxylic acids is 1. The van der Waals surface area contributed by atoms with Crippen molar-refractivity contribution in [1.82, 2.24) is 5.16 Å². The first-order valence-corrected chi connectivity index (χ1v) is 8.11. The average Bonchev–Trinajstić information content (AvgIpc) is 2.87. The Kier molecular flexibility index (Phi) is 5.07. The summed E-state index contributed by atoms with van der Waals surface area (Å²) in [4.78, 5) is 12.0. The molecule has 1 amide bonds. The van der Waals surface area contributed by atoms with Crippen molar-refractivity contribution in [3.8, 4) is 0 Å². The number of anilines is 1. The highest BCUT2D eigenvalue weighted by Crippen LogP contribution is 2.14. The van der Waals surface area contributed by atoms with Gasteiger partial charge in [0.2, 0.25) is 11.8 Å². The molecule has 0 spiro atoms. The van der Waals surface area contributed by atoms with Gasteiger partial charge in [-0.25, -0.2) is 4.39 Å². The Morgan fingerprint density at radius 1 is 1.41 bits per heavy atom. The second-order valence-electron chi connectivity index (χ2n) is 5.07. The van der Waals surface area contributed by atoms with Gasteiger partial charge < -0.3 is 4.52 Å². The number of nitrogens with zero attached hydrogens (tertiary/aromatic N) is 1. The number of halogens is 1. The molecule has 0 fully saturated rings. The first kappa shape index (κ1) is 16.4. The molecule has 0 bridgehead atoms. The Hall–Kier alpha value is -2.02. The van der Waals surface area contributed by atoms with E-state index in [1.54, 1.807) is 39.0 Å². The summed E-state index contributed by atoms with van der Waals surface area (Å²) in [7, 11) is -1.47. The third-order valence-corrected chi connectivity index (χ3v) is 4.80. The molecular weight excluding hydrogens is 307 g/mol. The largest absolute Gasteiger partial charge is 0.338 e. The molecule has 2 unspecified atom stereocenters. The van der Waals surface area contributed by atoms with E-state index in [-0.39, 0.29) is 17.5 Å². The number of aromatic nitrogens is 1. The van der Waals surface area contributed by atoms with Gasteiger partial charge >= 0.3 is 0 Å². The van der Waals surface area contributed by atoms with Crippen molar-refractivity contribution in [3.05, 3.63) is 46.9 Å². The summed E-state index contributed by atoms with van der Waals surface area (Å²) in [5.74, 6) is -0.445. The molecule has 2 aromatic rings. The number of hydrogen-bond acceptors (Lipinski definition) is 4. The molecule has 1 heterocycles. The zero-order valence-electron chi connectivity index (χ0n) is 12.6. The summed E-state index contributed by atoms with van der Waals surface area (Å²) < 4.78 is 30.6. The molecule has 0 saturated heterocycles. The Morgan fingerprint density at radius 2 is 2.14 bits per heavy atom. The number of rotatable bonds is 5. The van der Waals surface area contributed by atoms with E-state index in [0.29, 0.717) is 16.8 Å². The molecular formula is C15H17FN2O3S. The monoisotopic (exact) mass is 324 g/mol. The maximum Gasteiger partial charge on any atom is 0.242 e. The summed E-state index contributed by atoms with van der Waals surface area (Å²) in [6, 6.07) is 6.26. The Labute approximate surface area is 130 Å². The topological polar surface area (TPSA) is 72.2 Å². The van der Waals surface area contributed by atoms with Crippen molar-refractivity contribution in [3.63, 3.8) is 0 Å². The van der Waals surface area contributed by atoms with Gasteiger partial charge in [-0.3, -0.25) is 14.3 Å². The third-order valence-electron chi connectivity index (χ3n) is 3.18. The maximum atomic E-state index is 13.5. The minimum Gasteiger partial charge on any atom is -0.338 e. The van der Waals surface area contributed by atoms with Gasteiger partial charge in [-0.05, 0) is 38.0 Å². The minimum absolute atomic E-state index is 0.112. The predicted octanol–water partition coefficient (Wildman–Crippen LogP) is 2.71. The lowest BCUT2D eigenvalue weighted by molar-refractivity contribution is -0.115. The summed E-state index contributed by atoms with van der Waals surface area (Å²) in [5.41, 5.74) is 1.76. The second-order valence-corrected chi connectivity index (χ2v) is 6.83. The van der Waals surface area contributed by atoms with E-state index in [9.17, 15) is 13.4 Å². The zero-order valence-corrected chi connectivity index (χ0v) is 13.4. The molecule has 22 heavy (non-hydrogen) atoms. The number of aryl methyl sites for hydroxylation is 2. The lowest BCUT2D eigenvalue weighted by Crippen LogP contribution is -2.29.